The lowest BCUT2D eigenvalue weighted by atomic mass is 10.2. The fraction of sp³-hybridized carbons (Fsp3) is 0.562. The van der Waals surface area contributed by atoms with Crippen molar-refractivity contribution in [2.24, 2.45) is 5.92 Å². The summed E-state index contributed by atoms with van der Waals surface area (Å²) < 4.78 is 16.6. The molecule has 0 aliphatic rings. The number of ether oxygens (including phenoxy) is 3. The Kier molecular flexibility index (Phi) is 6.68. The molecule has 0 unspecified atom stereocenters. The molecule has 0 atom stereocenters. The van der Waals surface area contributed by atoms with Crippen LogP contribution in [0.2, 0.25) is 0 Å². The van der Waals surface area contributed by atoms with Crippen molar-refractivity contribution in [3.8, 4) is 5.75 Å². The first-order chi connectivity index (χ1) is 9.67. The molecule has 0 fully saturated rings. The van der Waals surface area contributed by atoms with Crippen LogP contribution in [-0.4, -0.2) is 18.4 Å². The van der Waals surface area contributed by atoms with Crippen molar-refractivity contribution in [2.45, 2.75) is 46.8 Å². The van der Waals surface area contributed by atoms with Gasteiger partial charge in [0.15, 0.2) is 0 Å². The predicted octanol–water partition coefficient (Wildman–Crippen LogP) is 4.94. The van der Waals surface area contributed by atoms with Gasteiger partial charge in [-0.2, -0.15) is 0 Å². The van der Waals surface area contributed by atoms with E-state index in [0.29, 0.717) is 29.4 Å². The van der Waals surface area contributed by atoms with E-state index in [0.717, 1.165) is 5.56 Å². The van der Waals surface area contributed by atoms with Gasteiger partial charge in [-0.05, 0) is 60.3 Å². The van der Waals surface area contributed by atoms with Crippen LogP contribution in [0, 0.1) is 5.92 Å². The first-order valence-electron chi connectivity index (χ1n) is 6.94. The zero-order valence-electron chi connectivity index (χ0n) is 13.2. The molecule has 0 aromatic heterocycles. The molecule has 0 aliphatic heterocycles. The lowest BCUT2D eigenvalue weighted by Crippen LogP contribution is -2.26. The van der Waals surface area contributed by atoms with E-state index in [1.165, 1.54) is 0 Å². The van der Waals surface area contributed by atoms with Crippen molar-refractivity contribution >= 4 is 22.1 Å². The Morgan fingerprint density at radius 3 is 2.52 bits per heavy atom. The summed E-state index contributed by atoms with van der Waals surface area (Å²) in [6, 6.07) is 5.52. The summed E-state index contributed by atoms with van der Waals surface area (Å²) in [5.41, 5.74) is 0.360. The minimum absolute atomic E-state index is 0.426. The Bertz CT molecular complexity index is 478. The molecular formula is C16H23BrO4. The fourth-order valence-corrected chi connectivity index (χ4v) is 1.82. The van der Waals surface area contributed by atoms with Crippen molar-refractivity contribution in [1.29, 1.82) is 0 Å². The number of carbonyl (C=O) groups is 1. The molecule has 0 heterocycles. The molecule has 0 N–H and O–H groups in total. The highest BCUT2D eigenvalue weighted by atomic mass is 79.9. The van der Waals surface area contributed by atoms with Crippen LogP contribution in [0.3, 0.4) is 0 Å². The summed E-state index contributed by atoms with van der Waals surface area (Å²) in [7, 11) is 0. The summed E-state index contributed by atoms with van der Waals surface area (Å²) in [6.45, 7) is 10.7. The maximum Gasteiger partial charge on any atom is 0.514 e. The van der Waals surface area contributed by atoms with E-state index >= 15 is 0 Å². The minimum Gasteiger partial charge on any atom is -0.428 e. The topological polar surface area (TPSA) is 44.8 Å². The number of halogens is 1. The molecule has 4 nitrogen and oxygen atoms in total. The van der Waals surface area contributed by atoms with E-state index in [4.69, 9.17) is 14.2 Å². The van der Waals surface area contributed by atoms with Gasteiger partial charge < -0.3 is 14.2 Å². The highest BCUT2D eigenvalue weighted by molar-refractivity contribution is 9.10. The molecule has 1 aromatic carbocycles. The van der Waals surface area contributed by atoms with Crippen LogP contribution in [0.4, 0.5) is 4.79 Å². The lowest BCUT2D eigenvalue weighted by Gasteiger charge is -2.19. The minimum atomic E-state index is -0.719. The standard InChI is InChI=1S/C16H23BrO4/c1-11(2)9-19-10-12-6-7-13(17)14(8-12)20-15(18)21-16(3,4)5/h6-8,11H,9-10H2,1-5H3. The Balaban J connectivity index is 2.67. The first-order valence-corrected chi connectivity index (χ1v) is 7.73. The van der Waals surface area contributed by atoms with Crippen molar-refractivity contribution < 1.29 is 19.0 Å². The largest absolute Gasteiger partial charge is 0.514 e. The second-order valence-electron chi connectivity index (χ2n) is 6.24. The van der Waals surface area contributed by atoms with Gasteiger partial charge in [-0.3, -0.25) is 0 Å². The first kappa shape index (κ1) is 18.0. The molecule has 1 aromatic rings. The number of benzene rings is 1. The zero-order chi connectivity index (χ0) is 16.0. The Morgan fingerprint density at radius 2 is 1.95 bits per heavy atom. The van der Waals surface area contributed by atoms with Gasteiger partial charge in [-0.25, -0.2) is 4.79 Å². The van der Waals surface area contributed by atoms with Crippen LogP contribution in [0.25, 0.3) is 0 Å². The van der Waals surface area contributed by atoms with E-state index < -0.39 is 11.8 Å². The lowest BCUT2D eigenvalue weighted by molar-refractivity contribution is 0.0204. The summed E-state index contributed by atoms with van der Waals surface area (Å²) in [6.07, 6.45) is -0.719. The van der Waals surface area contributed by atoms with Crippen LogP contribution < -0.4 is 4.74 Å². The van der Waals surface area contributed by atoms with Crippen molar-refractivity contribution in [3.05, 3.63) is 28.2 Å². The van der Waals surface area contributed by atoms with E-state index in [1.54, 1.807) is 26.8 Å². The molecule has 0 saturated carbocycles. The highest BCUT2D eigenvalue weighted by Gasteiger charge is 2.19. The second-order valence-corrected chi connectivity index (χ2v) is 7.09. The van der Waals surface area contributed by atoms with Crippen LogP contribution in [0.1, 0.15) is 40.2 Å². The van der Waals surface area contributed by atoms with Crippen LogP contribution >= 0.6 is 15.9 Å². The van der Waals surface area contributed by atoms with Gasteiger partial charge in [0, 0.05) is 6.61 Å². The predicted molar refractivity (Wildman–Crippen MR) is 85.5 cm³/mol. The van der Waals surface area contributed by atoms with Gasteiger partial charge in [-0.1, -0.05) is 19.9 Å². The van der Waals surface area contributed by atoms with Crippen LogP contribution in [0.5, 0.6) is 5.75 Å². The van der Waals surface area contributed by atoms with E-state index in [2.05, 4.69) is 29.8 Å². The third-order valence-corrected chi connectivity index (χ3v) is 2.95. The van der Waals surface area contributed by atoms with E-state index in [9.17, 15) is 4.79 Å². The molecular weight excluding hydrogens is 336 g/mol. The maximum absolute atomic E-state index is 11.7. The van der Waals surface area contributed by atoms with Crippen LogP contribution in [0.15, 0.2) is 22.7 Å². The third kappa shape index (κ3) is 7.48. The average molecular weight is 359 g/mol. The molecule has 0 saturated heterocycles. The van der Waals surface area contributed by atoms with Crippen molar-refractivity contribution in [1.82, 2.24) is 0 Å². The molecule has 0 spiro atoms. The molecule has 118 valence electrons. The van der Waals surface area contributed by atoms with Crippen molar-refractivity contribution in [2.75, 3.05) is 6.61 Å². The number of carbonyl (C=O) groups excluding carboxylic acids is 1. The quantitative estimate of drug-likeness (QED) is 0.552. The van der Waals surface area contributed by atoms with Gasteiger partial charge in [0.1, 0.15) is 11.4 Å². The second kappa shape index (κ2) is 7.80. The Morgan fingerprint density at radius 1 is 1.29 bits per heavy atom. The molecule has 1 rings (SSSR count). The SMILES string of the molecule is CC(C)COCc1ccc(Br)c(OC(=O)OC(C)(C)C)c1. The Labute approximate surface area is 134 Å². The van der Waals surface area contributed by atoms with Gasteiger partial charge in [0.25, 0.3) is 0 Å². The zero-order valence-corrected chi connectivity index (χ0v) is 14.8. The third-order valence-electron chi connectivity index (χ3n) is 2.30. The molecule has 0 radical (unpaired) electrons. The van der Waals surface area contributed by atoms with Gasteiger partial charge in [-0.15, -0.1) is 0 Å². The highest BCUT2D eigenvalue weighted by Crippen LogP contribution is 2.27. The van der Waals surface area contributed by atoms with Gasteiger partial charge in [0.2, 0.25) is 0 Å². The number of rotatable bonds is 5. The summed E-state index contributed by atoms with van der Waals surface area (Å²) in [4.78, 5) is 11.7. The summed E-state index contributed by atoms with van der Waals surface area (Å²) in [5, 5.41) is 0. The monoisotopic (exact) mass is 358 g/mol. The Hall–Kier alpha value is -1.07. The van der Waals surface area contributed by atoms with E-state index in [-0.39, 0.29) is 0 Å². The average Bonchev–Trinajstić information content (AvgIpc) is 2.30. The molecule has 0 aliphatic carbocycles. The molecule has 0 amide bonds. The molecule has 0 bridgehead atoms. The number of hydrogen-bond donors (Lipinski definition) is 0. The number of hydrogen-bond acceptors (Lipinski definition) is 4. The van der Waals surface area contributed by atoms with Crippen LogP contribution in [-0.2, 0) is 16.1 Å². The van der Waals surface area contributed by atoms with E-state index in [1.807, 2.05) is 12.1 Å². The van der Waals surface area contributed by atoms with Gasteiger partial charge in [0.05, 0.1) is 11.1 Å². The maximum atomic E-state index is 11.7. The normalized spacial score (nSPS) is 11.6. The molecule has 21 heavy (non-hydrogen) atoms. The summed E-state index contributed by atoms with van der Waals surface area (Å²) >= 11 is 3.36. The molecule has 5 heteroatoms. The smallest absolute Gasteiger partial charge is 0.428 e. The fourth-order valence-electron chi connectivity index (χ4n) is 1.49. The van der Waals surface area contributed by atoms with Crippen molar-refractivity contribution in [3.63, 3.8) is 0 Å². The summed E-state index contributed by atoms with van der Waals surface area (Å²) in [5.74, 6) is 0.910. The van der Waals surface area contributed by atoms with Gasteiger partial charge >= 0.3 is 6.16 Å².